The van der Waals surface area contributed by atoms with Crippen LogP contribution in [0.5, 0.6) is 0 Å². The maximum absolute atomic E-state index is 11.9. The number of carbonyl (C=O) groups excluding carboxylic acids is 1. The molecule has 23 heavy (non-hydrogen) atoms. The molecule has 8 heteroatoms. The van der Waals surface area contributed by atoms with Gasteiger partial charge in [0.25, 0.3) is 0 Å². The van der Waals surface area contributed by atoms with Crippen LogP contribution in [-0.2, 0) is 23.7 Å². The van der Waals surface area contributed by atoms with Gasteiger partial charge in [-0.2, -0.15) is 0 Å². The monoisotopic (exact) mass is 331 g/mol. The number of hydrogen-bond acceptors (Lipinski definition) is 6. The van der Waals surface area contributed by atoms with Crippen molar-refractivity contribution in [3.63, 3.8) is 0 Å². The first-order valence-corrected chi connectivity index (χ1v) is 7.63. The minimum absolute atomic E-state index is 0.501. The highest BCUT2D eigenvalue weighted by Gasteiger charge is 2.58. The topological polar surface area (TPSA) is 103 Å². The van der Waals surface area contributed by atoms with Crippen LogP contribution < -0.4 is 5.32 Å². The van der Waals surface area contributed by atoms with E-state index in [-0.39, 0.29) is 0 Å². The Kier molecular flexibility index (Phi) is 4.62. The number of carboxylic acids is 1. The van der Waals surface area contributed by atoms with E-state index in [1.807, 2.05) is 0 Å². The van der Waals surface area contributed by atoms with Crippen LogP contribution in [0.4, 0.5) is 4.79 Å². The molecule has 2 N–H and O–H groups in total. The Balaban J connectivity index is 2.06. The molecule has 0 aromatic carbocycles. The molecule has 2 aliphatic heterocycles. The standard InChI is InChI=1S/C15H25NO7/c1-7(16-13(19)23-14(2,3)4)8-9-10(11(20-8)12(17)18)22-15(5,6)21-9/h7-11H,1-6H3,(H,16,19)(H,17,18)/t7-,8-,9-,10-,11-/m0/s1. The highest BCUT2D eigenvalue weighted by atomic mass is 16.8. The third kappa shape index (κ3) is 4.13. The number of aliphatic carboxylic acids is 1. The van der Waals surface area contributed by atoms with Crippen LogP contribution in [0, 0.1) is 0 Å². The number of alkyl carbamates (subject to hydrolysis) is 1. The van der Waals surface area contributed by atoms with E-state index in [2.05, 4.69) is 5.32 Å². The number of rotatable bonds is 3. The van der Waals surface area contributed by atoms with Crippen molar-refractivity contribution >= 4 is 12.1 Å². The first-order chi connectivity index (χ1) is 10.4. The molecule has 2 heterocycles. The summed E-state index contributed by atoms with van der Waals surface area (Å²) in [6, 6.07) is -0.501. The molecule has 0 radical (unpaired) electrons. The SMILES string of the molecule is C[C@H](NC(=O)OC(C)(C)C)[C@@H]1O[C@H](C(=O)O)[C@H]2OC(C)(C)O[C@@H]12. The Morgan fingerprint density at radius 3 is 2.30 bits per heavy atom. The van der Waals surface area contributed by atoms with Crippen molar-refractivity contribution in [1.29, 1.82) is 0 Å². The van der Waals surface area contributed by atoms with Crippen LogP contribution in [0.25, 0.3) is 0 Å². The zero-order valence-electron chi connectivity index (χ0n) is 14.3. The molecule has 0 unspecified atom stereocenters. The van der Waals surface area contributed by atoms with Gasteiger partial charge in [0.15, 0.2) is 11.9 Å². The summed E-state index contributed by atoms with van der Waals surface area (Å²) in [5.41, 5.74) is -0.624. The second-order valence-corrected chi connectivity index (χ2v) is 7.36. The molecule has 132 valence electrons. The summed E-state index contributed by atoms with van der Waals surface area (Å²) in [6.07, 6.45) is -3.65. The summed E-state index contributed by atoms with van der Waals surface area (Å²) in [4.78, 5) is 23.2. The first-order valence-electron chi connectivity index (χ1n) is 7.63. The molecular weight excluding hydrogens is 306 g/mol. The zero-order valence-corrected chi connectivity index (χ0v) is 14.3. The van der Waals surface area contributed by atoms with Crippen LogP contribution in [0.1, 0.15) is 41.5 Å². The van der Waals surface area contributed by atoms with E-state index in [0.717, 1.165) is 0 Å². The van der Waals surface area contributed by atoms with Crippen LogP contribution in [0.15, 0.2) is 0 Å². The fourth-order valence-electron chi connectivity index (χ4n) is 2.81. The van der Waals surface area contributed by atoms with Gasteiger partial charge < -0.3 is 29.4 Å². The molecule has 2 rings (SSSR count). The minimum atomic E-state index is -1.13. The third-order valence-corrected chi connectivity index (χ3v) is 3.57. The predicted octanol–water partition coefficient (Wildman–Crippen LogP) is 1.27. The molecule has 2 fully saturated rings. The van der Waals surface area contributed by atoms with Gasteiger partial charge in [0.05, 0.1) is 6.04 Å². The van der Waals surface area contributed by atoms with E-state index in [0.29, 0.717) is 0 Å². The molecule has 2 aliphatic rings. The van der Waals surface area contributed by atoms with Crippen LogP contribution >= 0.6 is 0 Å². The largest absolute Gasteiger partial charge is 0.479 e. The maximum atomic E-state index is 11.9. The fraction of sp³-hybridized carbons (Fsp3) is 0.867. The molecule has 1 amide bonds. The lowest BCUT2D eigenvalue weighted by Gasteiger charge is -2.28. The molecule has 0 spiro atoms. The number of amides is 1. The van der Waals surface area contributed by atoms with Gasteiger partial charge in [-0.1, -0.05) is 0 Å². The highest BCUT2D eigenvalue weighted by Crippen LogP contribution is 2.39. The number of hydrogen-bond donors (Lipinski definition) is 2. The van der Waals surface area contributed by atoms with Crippen molar-refractivity contribution in [2.75, 3.05) is 0 Å². The Hall–Kier alpha value is -1.38. The summed E-state index contributed by atoms with van der Waals surface area (Å²) in [6.45, 7) is 10.4. The zero-order chi connectivity index (χ0) is 17.6. The lowest BCUT2D eigenvalue weighted by molar-refractivity contribution is -0.195. The normalized spacial score (nSPS) is 33.8. The lowest BCUT2D eigenvalue weighted by Crippen LogP contribution is -2.48. The van der Waals surface area contributed by atoms with E-state index < -0.39 is 53.9 Å². The first kappa shape index (κ1) is 18.0. The Bertz CT molecular complexity index is 485. The molecule has 0 aromatic rings. The minimum Gasteiger partial charge on any atom is -0.479 e. The van der Waals surface area contributed by atoms with Gasteiger partial charge in [-0.25, -0.2) is 9.59 Å². The molecule has 0 saturated carbocycles. The van der Waals surface area contributed by atoms with E-state index in [1.54, 1.807) is 41.5 Å². The smallest absolute Gasteiger partial charge is 0.407 e. The summed E-state index contributed by atoms with van der Waals surface area (Å²) in [7, 11) is 0. The Morgan fingerprint density at radius 2 is 1.78 bits per heavy atom. The average Bonchev–Trinajstić information content (AvgIpc) is 2.78. The molecule has 5 atom stereocenters. The Labute approximate surface area is 135 Å². The van der Waals surface area contributed by atoms with Crippen molar-refractivity contribution in [3.05, 3.63) is 0 Å². The lowest BCUT2D eigenvalue weighted by atomic mass is 10.0. The summed E-state index contributed by atoms with van der Waals surface area (Å²) in [5, 5.41) is 12.0. The molecule has 8 nitrogen and oxygen atoms in total. The van der Waals surface area contributed by atoms with E-state index in [1.165, 1.54) is 0 Å². The quantitative estimate of drug-likeness (QED) is 0.802. The molecular formula is C15H25NO7. The van der Waals surface area contributed by atoms with Crippen LogP contribution in [-0.4, -0.2) is 59.0 Å². The van der Waals surface area contributed by atoms with E-state index in [9.17, 15) is 14.7 Å². The summed E-state index contributed by atoms with van der Waals surface area (Å²) in [5.74, 6) is -2.01. The van der Waals surface area contributed by atoms with Gasteiger partial charge in [-0.05, 0) is 41.5 Å². The van der Waals surface area contributed by atoms with Gasteiger partial charge in [0.2, 0.25) is 0 Å². The van der Waals surface area contributed by atoms with Crippen molar-refractivity contribution in [3.8, 4) is 0 Å². The van der Waals surface area contributed by atoms with Crippen molar-refractivity contribution in [1.82, 2.24) is 5.32 Å². The van der Waals surface area contributed by atoms with Crippen molar-refractivity contribution in [2.45, 2.75) is 83.4 Å². The fourth-order valence-corrected chi connectivity index (χ4v) is 2.81. The number of fused-ring (bicyclic) bond motifs is 1. The highest BCUT2D eigenvalue weighted by molar-refractivity contribution is 5.74. The second kappa shape index (κ2) is 5.92. The number of nitrogens with one attached hydrogen (secondary N) is 1. The van der Waals surface area contributed by atoms with Gasteiger partial charge >= 0.3 is 12.1 Å². The predicted molar refractivity (Wildman–Crippen MR) is 79.0 cm³/mol. The van der Waals surface area contributed by atoms with E-state index in [4.69, 9.17) is 18.9 Å². The van der Waals surface area contributed by atoms with Crippen molar-refractivity contribution in [2.24, 2.45) is 0 Å². The molecule has 0 aliphatic carbocycles. The van der Waals surface area contributed by atoms with Gasteiger partial charge in [-0.3, -0.25) is 0 Å². The molecule has 0 aromatic heterocycles. The number of ether oxygens (including phenoxy) is 4. The van der Waals surface area contributed by atoms with Gasteiger partial charge in [0.1, 0.15) is 23.9 Å². The van der Waals surface area contributed by atoms with Crippen LogP contribution in [0.3, 0.4) is 0 Å². The summed E-state index contributed by atoms with van der Waals surface area (Å²) >= 11 is 0. The van der Waals surface area contributed by atoms with Crippen molar-refractivity contribution < 1.29 is 33.6 Å². The number of carbonyl (C=O) groups is 2. The third-order valence-electron chi connectivity index (χ3n) is 3.57. The number of carboxylic acid groups (broad SMARTS) is 1. The maximum Gasteiger partial charge on any atom is 0.407 e. The van der Waals surface area contributed by atoms with Gasteiger partial charge in [-0.15, -0.1) is 0 Å². The average molecular weight is 331 g/mol. The Morgan fingerprint density at radius 1 is 1.22 bits per heavy atom. The molecule has 2 saturated heterocycles. The van der Waals surface area contributed by atoms with Crippen LogP contribution in [0.2, 0.25) is 0 Å². The summed E-state index contributed by atoms with van der Waals surface area (Å²) < 4.78 is 22.2. The second-order valence-electron chi connectivity index (χ2n) is 7.36. The van der Waals surface area contributed by atoms with E-state index >= 15 is 0 Å². The van der Waals surface area contributed by atoms with Gasteiger partial charge in [0, 0.05) is 0 Å². The molecule has 0 bridgehead atoms.